The number of hydrogen-bond donors (Lipinski definition) is 1. The second-order valence-electron chi connectivity index (χ2n) is 6.27. The van der Waals surface area contributed by atoms with E-state index in [0.29, 0.717) is 6.04 Å². The van der Waals surface area contributed by atoms with Crippen molar-refractivity contribution in [2.45, 2.75) is 57.5 Å². The molecule has 1 N–H and O–H groups in total. The van der Waals surface area contributed by atoms with Crippen LogP contribution in [0.2, 0.25) is 0 Å². The molecule has 1 heterocycles. The van der Waals surface area contributed by atoms with Gasteiger partial charge in [0.25, 0.3) is 0 Å². The largest absolute Gasteiger partial charge is 0.370 e. The van der Waals surface area contributed by atoms with Crippen LogP contribution in [0, 0.1) is 6.92 Å². The van der Waals surface area contributed by atoms with Gasteiger partial charge in [0.2, 0.25) is 0 Å². The Bertz CT molecular complexity index is 409. The van der Waals surface area contributed by atoms with E-state index >= 15 is 0 Å². The number of anilines is 1. The zero-order valence-electron chi connectivity index (χ0n) is 12.1. The molecule has 1 unspecified atom stereocenters. The van der Waals surface area contributed by atoms with Crippen LogP contribution in [0.5, 0.6) is 0 Å². The van der Waals surface area contributed by atoms with E-state index in [1.807, 2.05) is 0 Å². The van der Waals surface area contributed by atoms with Crippen LogP contribution in [-0.4, -0.2) is 25.2 Å². The van der Waals surface area contributed by atoms with Crippen LogP contribution in [0.1, 0.15) is 44.1 Å². The average Bonchev–Trinajstić information content (AvgIpc) is 2.92. The molecule has 0 spiro atoms. The number of hydrogen-bond acceptors (Lipinski definition) is 2. The molecule has 1 aliphatic heterocycles. The summed E-state index contributed by atoms with van der Waals surface area (Å²) in [5.74, 6) is 0. The van der Waals surface area contributed by atoms with E-state index in [4.69, 9.17) is 0 Å². The minimum atomic E-state index is 0.692. The molecule has 1 aromatic rings. The molecule has 0 amide bonds. The van der Waals surface area contributed by atoms with Crippen molar-refractivity contribution >= 4 is 5.69 Å². The molecule has 2 aliphatic rings. The molecule has 19 heavy (non-hydrogen) atoms. The highest BCUT2D eigenvalue weighted by Crippen LogP contribution is 2.23. The fraction of sp³-hybridized carbons (Fsp3) is 0.647. The monoisotopic (exact) mass is 258 g/mol. The summed E-state index contributed by atoms with van der Waals surface area (Å²) >= 11 is 0. The highest BCUT2D eigenvalue weighted by atomic mass is 15.2. The molecule has 1 aliphatic carbocycles. The molecule has 104 valence electrons. The lowest BCUT2D eigenvalue weighted by Gasteiger charge is -2.36. The van der Waals surface area contributed by atoms with Crippen molar-refractivity contribution in [2.75, 3.05) is 18.0 Å². The summed E-state index contributed by atoms with van der Waals surface area (Å²) in [5.41, 5.74) is 2.77. The van der Waals surface area contributed by atoms with Crippen LogP contribution in [0.15, 0.2) is 24.3 Å². The first-order valence-corrected chi connectivity index (χ1v) is 7.89. The Hall–Kier alpha value is -1.02. The third kappa shape index (κ3) is 3.30. The molecular weight excluding hydrogens is 232 g/mol. The fourth-order valence-electron chi connectivity index (χ4n) is 3.60. The Morgan fingerprint density at radius 3 is 2.63 bits per heavy atom. The Labute approximate surface area is 117 Å². The normalized spacial score (nSPS) is 24.9. The molecule has 1 saturated carbocycles. The lowest BCUT2D eigenvalue weighted by atomic mass is 10.0. The maximum Gasteiger partial charge on any atom is 0.0369 e. The third-order valence-electron chi connectivity index (χ3n) is 4.61. The summed E-state index contributed by atoms with van der Waals surface area (Å²) in [7, 11) is 0. The molecule has 1 saturated heterocycles. The number of nitrogens with zero attached hydrogens (tertiary/aromatic N) is 1. The van der Waals surface area contributed by atoms with Gasteiger partial charge in [-0.3, -0.25) is 0 Å². The highest BCUT2D eigenvalue weighted by Gasteiger charge is 2.24. The second-order valence-corrected chi connectivity index (χ2v) is 6.27. The van der Waals surface area contributed by atoms with Crippen LogP contribution in [0.4, 0.5) is 5.69 Å². The van der Waals surface area contributed by atoms with Crippen molar-refractivity contribution in [1.82, 2.24) is 5.32 Å². The molecule has 1 aromatic carbocycles. The summed E-state index contributed by atoms with van der Waals surface area (Å²) in [5, 5.41) is 3.89. The average molecular weight is 258 g/mol. The van der Waals surface area contributed by atoms with E-state index < -0.39 is 0 Å². The zero-order chi connectivity index (χ0) is 13.1. The van der Waals surface area contributed by atoms with E-state index in [9.17, 15) is 0 Å². The summed E-state index contributed by atoms with van der Waals surface area (Å²) in [6, 6.07) is 10.4. The van der Waals surface area contributed by atoms with Crippen LogP contribution in [-0.2, 0) is 0 Å². The Morgan fingerprint density at radius 2 is 1.84 bits per heavy atom. The standard InChI is InChI=1S/C17H26N2/c1-14-6-4-10-17(12-14)19-11-5-9-16(13-19)18-15-7-2-3-8-15/h4,6,10,12,15-16,18H,2-3,5,7-9,11,13H2,1H3. The summed E-state index contributed by atoms with van der Waals surface area (Å²) in [6.45, 7) is 4.58. The number of benzene rings is 1. The zero-order valence-corrected chi connectivity index (χ0v) is 12.1. The molecule has 2 heteroatoms. The van der Waals surface area contributed by atoms with E-state index in [1.165, 1.54) is 62.9 Å². The van der Waals surface area contributed by atoms with Crippen LogP contribution in [0.25, 0.3) is 0 Å². The van der Waals surface area contributed by atoms with Crippen molar-refractivity contribution in [3.63, 3.8) is 0 Å². The molecule has 0 bridgehead atoms. The summed E-state index contributed by atoms with van der Waals surface area (Å²) in [4.78, 5) is 2.56. The van der Waals surface area contributed by atoms with Gasteiger partial charge in [0.15, 0.2) is 0 Å². The fourth-order valence-corrected chi connectivity index (χ4v) is 3.60. The van der Waals surface area contributed by atoms with E-state index in [0.717, 1.165) is 6.04 Å². The molecule has 0 radical (unpaired) electrons. The number of rotatable bonds is 3. The SMILES string of the molecule is Cc1cccc(N2CCCC(NC3CCCC3)C2)c1. The van der Waals surface area contributed by atoms with E-state index in [-0.39, 0.29) is 0 Å². The maximum absolute atomic E-state index is 3.89. The Kier molecular flexibility index (Phi) is 4.07. The molecule has 0 aromatic heterocycles. The van der Waals surface area contributed by atoms with Gasteiger partial charge in [-0.15, -0.1) is 0 Å². The van der Waals surface area contributed by atoms with Gasteiger partial charge in [-0.25, -0.2) is 0 Å². The number of piperidine rings is 1. The Balaban J connectivity index is 1.61. The van der Waals surface area contributed by atoms with Gasteiger partial charge in [0.05, 0.1) is 0 Å². The van der Waals surface area contributed by atoms with Crippen molar-refractivity contribution in [1.29, 1.82) is 0 Å². The topological polar surface area (TPSA) is 15.3 Å². The van der Waals surface area contributed by atoms with Crippen LogP contribution >= 0.6 is 0 Å². The summed E-state index contributed by atoms with van der Waals surface area (Å²) in [6.07, 6.45) is 8.29. The van der Waals surface area contributed by atoms with Gasteiger partial charge in [0.1, 0.15) is 0 Å². The minimum Gasteiger partial charge on any atom is -0.370 e. The lowest BCUT2D eigenvalue weighted by Crippen LogP contribution is -2.48. The minimum absolute atomic E-state index is 0.692. The predicted octanol–water partition coefficient (Wildman–Crippen LogP) is 3.50. The van der Waals surface area contributed by atoms with Crippen molar-refractivity contribution in [2.24, 2.45) is 0 Å². The maximum atomic E-state index is 3.89. The number of nitrogens with one attached hydrogen (secondary N) is 1. The number of aryl methyl sites for hydroxylation is 1. The van der Waals surface area contributed by atoms with Gasteiger partial charge in [-0.05, 0) is 50.3 Å². The molecule has 2 fully saturated rings. The van der Waals surface area contributed by atoms with Crippen LogP contribution in [0.3, 0.4) is 0 Å². The van der Waals surface area contributed by atoms with Gasteiger partial charge in [-0.1, -0.05) is 25.0 Å². The lowest BCUT2D eigenvalue weighted by molar-refractivity contribution is 0.375. The van der Waals surface area contributed by atoms with Crippen molar-refractivity contribution in [3.05, 3.63) is 29.8 Å². The predicted molar refractivity (Wildman–Crippen MR) is 81.8 cm³/mol. The second kappa shape index (κ2) is 5.96. The molecule has 3 rings (SSSR count). The molecule has 1 atom stereocenters. The van der Waals surface area contributed by atoms with Gasteiger partial charge >= 0.3 is 0 Å². The Morgan fingerprint density at radius 1 is 1.05 bits per heavy atom. The first kappa shape index (κ1) is 13.0. The van der Waals surface area contributed by atoms with Crippen LogP contribution < -0.4 is 10.2 Å². The van der Waals surface area contributed by atoms with Crippen molar-refractivity contribution in [3.8, 4) is 0 Å². The van der Waals surface area contributed by atoms with Gasteiger partial charge in [0, 0.05) is 30.9 Å². The van der Waals surface area contributed by atoms with Gasteiger partial charge in [-0.2, -0.15) is 0 Å². The quantitative estimate of drug-likeness (QED) is 0.892. The first-order chi connectivity index (χ1) is 9.31. The van der Waals surface area contributed by atoms with Gasteiger partial charge < -0.3 is 10.2 Å². The summed E-state index contributed by atoms with van der Waals surface area (Å²) < 4.78 is 0. The molecular formula is C17H26N2. The van der Waals surface area contributed by atoms with E-state index in [2.05, 4.69) is 41.4 Å². The molecule has 2 nitrogen and oxygen atoms in total. The van der Waals surface area contributed by atoms with Crippen molar-refractivity contribution < 1.29 is 0 Å². The third-order valence-corrected chi connectivity index (χ3v) is 4.61. The smallest absolute Gasteiger partial charge is 0.0369 e. The van der Waals surface area contributed by atoms with E-state index in [1.54, 1.807) is 0 Å². The highest BCUT2D eigenvalue weighted by molar-refractivity contribution is 5.48. The first-order valence-electron chi connectivity index (χ1n) is 7.89.